The number of morpholine rings is 1. The number of hydrogen-bond acceptors (Lipinski definition) is 7. The highest BCUT2D eigenvalue weighted by Crippen LogP contribution is 2.24. The van der Waals surface area contributed by atoms with Crippen LogP contribution in [0.5, 0.6) is 5.75 Å². The molecule has 1 saturated heterocycles. The van der Waals surface area contributed by atoms with E-state index in [0.717, 1.165) is 23.5 Å². The molecule has 3 heterocycles. The third kappa shape index (κ3) is 5.84. The fourth-order valence-corrected chi connectivity index (χ4v) is 4.24. The van der Waals surface area contributed by atoms with Crippen LogP contribution in [0.3, 0.4) is 0 Å². The van der Waals surface area contributed by atoms with Gasteiger partial charge in [0.2, 0.25) is 0 Å². The summed E-state index contributed by atoms with van der Waals surface area (Å²) in [6, 6.07) is 15.9. The normalized spacial score (nSPS) is 14.4. The third-order valence-corrected chi connectivity index (χ3v) is 5.95. The van der Waals surface area contributed by atoms with E-state index >= 15 is 0 Å². The van der Waals surface area contributed by atoms with Gasteiger partial charge >= 0.3 is 6.11 Å². The molecule has 0 bridgehead atoms. The summed E-state index contributed by atoms with van der Waals surface area (Å²) in [5.41, 5.74) is 0.947. The first-order chi connectivity index (χ1) is 18.3. The maximum Gasteiger partial charge on any atom is 0.394 e. The first-order valence-corrected chi connectivity index (χ1v) is 12.0. The lowest BCUT2D eigenvalue weighted by Crippen LogP contribution is -2.36. The summed E-state index contributed by atoms with van der Waals surface area (Å²) in [6.07, 6.45) is -1.92. The maximum absolute atomic E-state index is 13.5. The molecular weight excluding hydrogens is 496 g/mol. The van der Waals surface area contributed by atoms with Crippen molar-refractivity contribution in [2.45, 2.75) is 19.6 Å². The van der Waals surface area contributed by atoms with Gasteiger partial charge in [-0.2, -0.15) is 18.6 Å². The second-order valence-electron chi connectivity index (χ2n) is 8.90. The van der Waals surface area contributed by atoms with Crippen LogP contribution in [0.15, 0.2) is 71.7 Å². The summed E-state index contributed by atoms with van der Waals surface area (Å²) in [6.45, 7) is 4.14. The quantitative estimate of drug-likeness (QED) is 0.394. The number of amides is 1. The van der Waals surface area contributed by atoms with E-state index in [0.29, 0.717) is 32.1 Å². The van der Waals surface area contributed by atoms with Crippen LogP contribution in [0, 0.1) is 0 Å². The number of rotatable bonds is 7. The predicted octanol–water partition coefficient (Wildman–Crippen LogP) is 3.86. The minimum atomic E-state index is -3.38. The zero-order valence-corrected chi connectivity index (χ0v) is 20.6. The van der Waals surface area contributed by atoms with Crippen LogP contribution in [0.1, 0.15) is 23.1 Å². The summed E-state index contributed by atoms with van der Waals surface area (Å²) in [5.74, 6) is -0.585. The molecular formula is C27H25F2N5O4. The van der Waals surface area contributed by atoms with Gasteiger partial charge in [0.05, 0.1) is 41.9 Å². The number of anilines is 1. The monoisotopic (exact) mass is 521 g/mol. The van der Waals surface area contributed by atoms with Gasteiger partial charge in [0.15, 0.2) is 0 Å². The molecule has 0 spiro atoms. The zero-order valence-electron chi connectivity index (χ0n) is 20.6. The fraction of sp³-hybridized carbons (Fsp3) is 0.259. The molecule has 2 aromatic carbocycles. The number of halogens is 2. The number of nitrogens with one attached hydrogen (secondary N) is 1. The maximum atomic E-state index is 13.5. The lowest BCUT2D eigenvalue weighted by molar-refractivity contribution is -0.158. The molecule has 2 aromatic heterocycles. The van der Waals surface area contributed by atoms with Gasteiger partial charge in [-0.15, -0.1) is 0 Å². The molecule has 0 atom stereocenters. The highest BCUT2D eigenvalue weighted by atomic mass is 19.3. The van der Waals surface area contributed by atoms with E-state index in [1.165, 1.54) is 24.4 Å². The first-order valence-electron chi connectivity index (χ1n) is 12.0. The van der Waals surface area contributed by atoms with E-state index in [4.69, 9.17) is 4.74 Å². The Morgan fingerprint density at radius 2 is 1.87 bits per heavy atom. The highest BCUT2D eigenvalue weighted by molar-refractivity contribution is 6.08. The number of pyridine rings is 1. The average molecular weight is 522 g/mol. The summed E-state index contributed by atoms with van der Waals surface area (Å²) in [5, 5.41) is 7.70. The van der Waals surface area contributed by atoms with Crippen molar-refractivity contribution in [2.24, 2.45) is 0 Å². The van der Waals surface area contributed by atoms with Gasteiger partial charge in [-0.1, -0.05) is 24.3 Å². The van der Waals surface area contributed by atoms with Crippen LogP contribution in [0.25, 0.3) is 16.5 Å². The van der Waals surface area contributed by atoms with Crippen molar-refractivity contribution in [3.8, 4) is 11.4 Å². The summed E-state index contributed by atoms with van der Waals surface area (Å²) in [7, 11) is 0. The van der Waals surface area contributed by atoms with Gasteiger partial charge < -0.3 is 14.8 Å². The zero-order chi connectivity index (χ0) is 26.7. The Balaban J connectivity index is 1.43. The number of benzene rings is 2. The predicted molar refractivity (Wildman–Crippen MR) is 137 cm³/mol. The van der Waals surface area contributed by atoms with Crippen molar-refractivity contribution in [1.29, 1.82) is 0 Å². The van der Waals surface area contributed by atoms with Crippen molar-refractivity contribution in [3.63, 3.8) is 0 Å². The molecule has 0 radical (unpaired) electrons. The lowest BCUT2D eigenvalue weighted by Gasteiger charge is -2.26. The molecule has 1 N–H and O–H groups in total. The van der Waals surface area contributed by atoms with Crippen LogP contribution in [0.4, 0.5) is 14.5 Å². The first kappa shape index (κ1) is 25.4. The number of carbonyl (C=O) groups excluding carboxylic acids is 1. The van der Waals surface area contributed by atoms with Crippen molar-refractivity contribution in [3.05, 3.63) is 88.6 Å². The Kier molecular flexibility index (Phi) is 7.12. The van der Waals surface area contributed by atoms with E-state index in [1.54, 1.807) is 36.4 Å². The number of fused-ring (bicyclic) bond motifs is 1. The van der Waals surface area contributed by atoms with Gasteiger partial charge in [-0.25, -0.2) is 4.98 Å². The number of alkyl halides is 2. The largest absolute Gasteiger partial charge is 0.433 e. The molecule has 0 saturated carbocycles. The van der Waals surface area contributed by atoms with Crippen LogP contribution in [-0.4, -0.2) is 58.0 Å². The third-order valence-electron chi connectivity index (χ3n) is 5.95. The Labute approximate surface area is 216 Å². The van der Waals surface area contributed by atoms with Gasteiger partial charge in [0.1, 0.15) is 11.4 Å². The van der Waals surface area contributed by atoms with Crippen molar-refractivity contribution in [1.82, 2.24) is 19.7 Å². The molecule has 11 heteroatoms. The van der Waals surface area contributed by atoms with Gasteiger partial charge in [-0.3, -0.25) is 14.5 Å². The van der Waals surface area contributed by atoms with Crippen molar-refractivity contribution in [2.75, 3.05) is 31.6 Å². The smallest absolute Gasteiger partial charge is 0.394 e. The fourth-order valence-electron chi connectivity index (χ4n) is 4.24. The van der Waals surface area contributed by atoms with E-state index in [1.807, 2.05) is 6.07 Å². The van der Waals surface area contributed by atoms with E-state index in [9.17, 15) is 18.4 Å². The van der Waals surface area contributed by atoms with Gasteiger partial charge in [-0.05, 0) is 30.3 Å². The van der Waals surface area contributed by atoms with Gasteiger partial charge in [0, 0.05) is 38.0 Å². The molecule has 1 aliphatic rings. The number of hydrogen-bond donors (Lipinski definition) is 1. The molecule has 196 valence electrons. The SMILES string of the molecule is CC(F)(F)Oc1cccc(-n2ncc3cccc(NC(=O)c4cccc(CN5CCOCC5)n4)c3c2=O)c1. The molecule has 4 aromatic rings. The molecule has 1 fully saturated rings. The summed E-state index contributed by atoms with van der Waals surface area (Å²) >= 11 is 0. The summed E-state index contributed by atoms with van der Waals surface area (Å²) < 4.78 is 37.7. The number of aromatic nitrogens is 3. The highest BCUT2D eigenvalue weighted by Gasteiger charge is 2.23. The van der Waals surface area contributed by atoms with Crippen LogP contribution < -0.4 is 15.6 Å². The van der Waals surface area contributed by atoms with Crippen LogP contribution >= 0.6 is 0 Å². The standard InChI is InChI=1S/C27H25F2N5O4/c1-27(28,29)38-21-8-4-7-20(15-21)34-26(36)24-18(16-30-34)5-2-9-22(24)32-25(35)23-10-3-6-19(31-23)17-33-11-13-37-14-12-33/h2-10,15-16H,11-14,17H2,1H3,(H,32,35). The second-order valence-corrected chi connectivity index (χ2v) is 8.90. The van der Waals surface area contributed by atoms with E-state index in [2.05, 4.69) is 25.0 Å². The molecule has 1 amide bonds. The van der Waals surface area contributed by atoms with Crippen LogP contribution in [0.2, 0.25) is 0 Å². The van der Waals surface area contributed by atoms with E-state index < -0.39 is 17.6 Å². The number of ether oxygens (including phenoxy) is 2. The topological polar surface area (TPSA) is 98.6 Å². The Morgan fingerprint density at radius 3 is 2.66 bits per heavy atom. The lowest BCUT2D eigenvalue weighted by atomic mass is 10.1. The summed E-state index contributed by atoms with van der Waals surface area (Å²) in [4.78, 5) is 33.3. The molecule has 1 aliphatic heterocycles. The number of nitrogens with zero attached hydrogens (tertiary/aromatic N) is 4. The van der Waals surface area contributed by atoms with Gasteiger partial charge in [0.25, 0.3) is 11.5 Å². The Morgan fingerprint density at radius 1 is 1.11 bits per heavy atom. The number of carbonyl (C=O) groups is 1. The molecule has 0 unspecified atom stereocenters. The molecule has 9 nitrogen and oxygen atoms in total. The molecule has 5 rings (SSSR count). The minimum Gasteiger partial charge on any atom is -0.433 e. The minimum absolute atomic E-state index is 0.117. The average Bonchev–Trinajstić information content (AvgIpc) is 2.89. The molecule has 0 aliphatic carbocycles. The van der Waals surface area contributed by atoms with E-state index in [-0.39, 0.29) is 28.2 Å². The van der Waals surface area contributed by atoms with Crippen molar-refractivity contribution < 1.29 is 23.0 Å². The Hall–Kier alpha value is -4.22. The Bertz CT molecular complexity index is 1530. The van der Waals surface area contributed by atoms with Crippen molar-refractivity contribution >= 4 is 22.4 Å². The second kappa shape index (κ2) is 10.6. The van der Waals surface area contributed by atoms with Crippen LogP contribution in [-0.2, 0) is 11.3 Å². The molecule has 38 heavy (non-hydrogen) atoms.